The lowest BCUT2D eigenvalue weighted by molar-refractivity contribution is -0.385. The fourth-order valence-electron chi connectivity index (χ4n) is 2.34. The van der Waals surface area contributed by atoms with Crippen LogP contribution in [0.3, 0.4) is 0 Å². The zero-order chi connectivity index (χ0) is 18.6. The molecule has 2 rings (SSSR count). The number of pyridine rings is 1. The molecule has 2 aromatic rings. The van der Waals surface area contributed by atoms with Gasteiger partial charge < -0.3 is 15.2 Å². The van der Waals surface area contributed by atoms with E-state index in [4.69, 9.17) is 0 Å². The summed E-state index contributed by atoms with van der Waals surface area (Å²) in [7, 11) is 3.53. The molecule has 2 N–H and O–H groups in total. The number of halogens is 1. The van der Waals surface area contributed by atoms with Crippen molar-refractivity contribution >= 4 is 11.6 Å². The second-order valence-corrected chi connectivity index (χ2v) is 5.60. The number of nitro groups is 1. The van der Waals surface area contributed by atoms with Gasteiger partial charge in [-0.15, -0.1) is 0 Å². The fraction of sp³-hybridized carbons (Fsp3) is 0.250. The molecule has 8 nitrogen and oxygen atoms in total. The molecule has 25 heavy (non-hydrogen) atoms. The number of aromatic nitrogens is 1. The third-order valence-corrected chi connectivity index (χ3v) is 3.66. The van der Waals surface area contributed by atoms with Gasteiger partial charge in [-0.2, -0.15) is 0 Å². The van der Waals surface area contributed by atoms with Gasteiger partial charge >= 0.3 is 0 Å². The molecule has 0 saturated carbocycles. The van der Waals surface area contributed by atoms with Gasteiger partial charge in [0.15, 0.2) is 0 Å². The van der Waals surface area contributed by atoms with Crippen LogP contribution < -0.4 is 10.9 Å². The summed E-state index contributed by atoms with van der Waals surface area (Å²) in [6.07, 6.45) is 0.925. The zero-order valence-electron chi connectivity index (χ0n) is 13.7. The van der Waals surface area contributed by atoms with Crippen molar-refractivity contribution < 1.29 is 14.1 Å². The molecular weight excluding hydrogens is 331 g/mol. The van der Waals surface area contributed by atoms with E-state index in [1.165, 1.54) is 12.1 Å². The molecule has 1 aromatic carbocycles. The number of aromatic amines is 1. The molecule has 0 saturated heterocycles. The standard InChI is InChI=1S/C16H17FN4O4/c1-20(2)14(10-4-3-5-11(17)6-10)9-19-16(23)13-7-12(21(24)25)8-18-15(13)22/h3-8,14H,9H2,1-2H3,(H,18,22)(H,19,23)/t14-/m0/s1. The van der Waals surface area contributed by atoms with Gasteiger partial charge in [0.2, 0.25) is 0 Å². The summed E-state index contributed by atoms with van der Waals surface area (Å²) in [5.41, 5.74) is -0.821. The molecule has 1 amide bonds. The van der Waals surface area contributed by atoms with Crippen molar-refractivity contribution in [3.8, 4) is 0 Å². The molecule has 1 heterocycles. The van der Waals surface area contributed by atoms with E-state index in [2.05, 4.69) is 10.3 Å². The largest absolute Gasteiger partial charge is 0.350 e. The Kier molecular flexibility index (Phi) is 5.60. The maximum Gasteiger partial charge on any atom is 0.286 e. The number of carbonyl (C=O) groups excluding carboxylic acids is 1. The van der Waals surface area contributed by atoms with Crippen molar-refractivity contribution in [2.45, 2.75) is 6.04 Å². The number of carbonyl (C=O) groups is 1. The summed E-state index contributed by atoms with van der Waals surface area (Å²) in [5.74, 6) is -1.14. The van der Waals surface area contributed by atoms with E-state index >= 15 is 0 Å². The second-order valence-electron chi connectivity index (χ2n) is 5.60. The van der Waals surface area contributed by atoms with Crippen molar-refractivity contribution in [2.75, 3.05) is 20.6 Å². The summed E-state index contributed by atoms with van der Waals surface area (Å²) in [6.45, 7) is 0.0947. The molecule has 0 aliphatic heterocycles. The van der Waals surface area contributed by atoms with Gasteiger partial charge in [-0.25, -0.2) is 4.39 Å². The van der Waals surface area contributed by atoms with E-state index in [-0.39, 0.29) is 23.8 Å². The first-order valence-electron chi connectivity index (χ1n) is 7.37. The number of amides is 1. The van der Waals surface area contributed by atoms with Gasteiger partial charge in [0.05, 0.1) is 17.2 Å². The number of likely N-dealkylation sites (N-methyl/N-ethyl adjacent to an activating group) is 1. The van der Waals surface area contributed by atoms with Crippen LogP contribution in [0.25, 0.3) is 0 Å². The Morgan fingerprint density at radius 3 is 2.72 bits per heavy atom. The quantitative estimate of drug-likeness (QED) is 0.607. The van der Waals surface area contributed by atoms with Crippen LogP contribution in [0.4, 0.5) is 10.1 Å². The van der Waals surface area contributed by atoms with Crippen LogP contribution in [0, 0.1) is 15.9 Å². The smallest absolute Gasteiger partial charge is 0.286 e. The lowest BCUT2D eigenvalue weighted by Gasteiger charge is -2.25. The van der Waals surface area contributed by atoms with E-state index in [0.717, 1.165) is 12.3 Å². The van der Waals surface area contributed by atoms with Gasteiger partial charge in [0.1, 0.15) is 11.4 Å². The van der Waals surface area contributed by atoms with E-state index in [0.29, 0.717) is 5.56 Å². The number of nitrogens with one attached hydrogen (secondary N) is 2. The molecular formula is C16H17FN4O4. The van der Waals surface area contributed by atoms with Crippen molar-refractivity contribution in [2.24, 2.45) is 0 Å². The number of hydrogen-bond acceptors (Lipinski definition) is 5. The summed E-state index contributed by atoms with van der Waals surface area (Å²) < 4.78 is 13.4. The number of hydrogen-bond donors (Lipinski definition) is 2. The van der Waals surface area contributed by atoms with Gasteiger partial charge in [-0.05, 0) is 31.8 Å². The average molecular weight is 348 g/mol. The maximum atomic E-state index is 13.4. The van der Waals surface area contributed by atoms with Crippen LogP contribution in [0.2, 0.25) is 0 Å². The molecule has 0 unspecified atom stereocenters. The molecule has 0 spiro atoms. The molecule has 0 bridgehead atoms. The lowest BCUT2D eigenvalue weighted by Crippen LogP contribution is -2.36. The lowest BCUT2D eigenvalue weighted by atomic mass is 10.1. The predicted octanol–water partition coefficient (Wildman–Crippen LogP) is 1.45. The third kappa shape index (κ3) is 4.48. The van der Waals surface area contributed by atoms with Gasteiger partial charge in [0.25, 0.3) is 17.2 Å². The first-order chi connectivity index (χ1) is 11.8. The Balaban J connectivity index is 2.18. The number of H-pyrrole nitrogens is 1. The highest BCUT2D eigenvalue weighted by Gasteiger charge is 2.19. The zero-order valence-corrected chi connectivity index (χ0v) is 13.7. The maximum absolute atomic E-state index is 13.4. The summed E-state index contributed by atoms with van der Waals surface area (Å²) in [6, 6.07) is 6.54. The van der Waals surface area contributed by atoms with Crippen LogP contribution in [0.15, 0.2) is 41.3 Å². The molecule has 132 valence electrons. The normalized spacial score (nSPS) is 12.0. The number of benzene rings is 1. The number of nitrogens with zero attached hydrogens (tertiary/aromatic N) is 2. The Morgan fingerprint density at radius 2 is 2.12 bits per heavy atom. The molecule has 1 atom stereocenters. The average Bonchev–Trinajstić information content (AvgIpc) is 2.54. The van der Waals surface area contributed by atoms with Gasteiger partial charge in [0, 0.05) is 12.6 Å². The van der Waals surface area contributed by atoms with E-state index in [1.54, 1.807) is 31.1 Å². The Bertz CT molecular complexity index is 850. The van der Waals surface area contributed by atoms with Gasteiger partial charge in [-0.3, -0.25) is 19.7 Å². The Labute approximate surface area is 142 Å². The Morgan fingerprint density at radius 1 is 1.40 bits per heavy atom. The first-order valence-corrected chi connectivity index (χ1v) is 7.37. The van der Waals surface area contributed by atoms with Crippen LogP contribution in [0.1, 0.15) is 22.0 Å². The van der Waals surface area contributed by atoms with E-state index < -0.39 is 22.2 Å². The SMILES string of the molecule is CN(C)[C@@H](CNC(=O)c1cc([N+](=O)[O-])c[nH]c1=O)c1cccc(F)c1. The highest BCUT2D eigenvalue weighted by atomic mass is 19.1. The van der Waals surface area contributed by atoms with Crippen molar-refractivity contribution in [1.82, 2.24) is 15.2 Å². The van der Waals surface area contributed by atoms with Gasteiger partial charge in [-0.1, -0.05) is 12.1 Å². The van der Waals surface area contributed by atoms with Crippen molar-refractivity contribution in [3.63, 3.8) is 0 Å². The van der Waals surface area contributed by atoms with Crippen LogP contribution in [0.5, 0.6) is 0 Å². The minimum Gasteiger partial charge on any atom is -0.350 e. The summed E-state index contributed by atoms with van der Waals surface area (Å²) >= 11 is 0. The molecule has 0 aliphatic rings. The molecule has 0 aliphatic carbocycles. The second kappa shape index (κ2) is 7.67. The first kappa shape index (κ1) is 18.3. The topological polar surface area (TPSA) is 108 Å². The van der Waals surface area contributed by atoms with Crippen LogP contribution in [-0.4, -0.2) is 41.4 Å². The third-order valence-electron chi connectivity index (χ3n) is 3.66. The highest BCUT2D eigenvalue weighted by molar-refractivity contribution is 5.94. The van der Waals surface area contributed by atoms with E-state index in [9.17, 15) is 24.1 Å². The summed E-state index contributed by atoms with van der Waals surface area (Å²) in [4.78, 5) is 38.0. The van der Waals surface area contributed by atoms with Crippen LogP contribution >= 0.6 is 0 Å². The molecule has 1 aromatic heterocycles. The molecule has 0 radical (unpaired) electrons. The predicted molar refractivity (Wildman–Crippen MR) is 88.9 cm³/mol. The van der Waals surface area contributed by atoms with E-state index in [1.807, 2.05) is 0 Å². The van der Waals surface area contributed by atoms with Crippen molar-refractivity contribution in [3.05, 3.63) is 73.9 Å². The molecule has 0 fully saturated rings. The fourth-order valence-corrected chi connectivity index (χ4v) is 2.34. The van der Waals surface area contributed by atoms with Crippen LogP contribution in [-0.2, 0) is 0 Å². The monoisotopic (exact) mass is 348 g/mol. The molecule has 9 heteroatoms. The number of rotatable bonds is 6. The highest BCUT2D eigenvalue weighted by Crippen LogP contribution is 2.18. The minimum absolute atomic E-state index is 0.0947. The summed E-state index contributed by atoms with van der Waals surface area (Å²) in [5, 5.41) is 13.3. The Hall–Kier alpha value is -3.07. The van der Waals surface area contributed by atoms with Crippen molar-refractivity contribution in [1.29, 1.82) is 0 Å². The minimum atomic E-state index is -0.742.